The molecule has 1 amide bonds. The smallest absolute Gasteiger partial charge is 0.266 e. The Morgan fingerprint density at radius 3 is 2.12 bits per heavy atom. The van der Waals surface area contributed by atoms with Crippen LogP contribution in [-0.2, 0) is 4.79 Å². The molecule has 1 saturated carbocycles. The van der Waals surface area contributed by atoms with Crippen LogP contribution < -0.4 is 5.32 Å². The zero-order valence-corrected chi connectivity index (χ0v) is 15.5. The fourth-order valence-corrected chi connectivity index (χ4v) is 3.61. The van der Waals surface area contributed by atoms with Crippen LogP contribution in [0.2, 0.25) is 0 Å². The summed E-state index contributed by atoms with van der Waals surface area (Å²) in [6.07, 6.45) is 3.82. The van der Waals surface area contributed by atoms with Crippen LogP contribution in [0.25, 0.3) is 0 Å². The summed E-state index contributed by atoms with van der Waals surface area (Å²) in [5.74, 6) is 0.385. The Kier molecular flexibility index (Phi) is 5.49. The number of hydrogen-bond donors (Lipinski definition) is 1. The monoisotopic (exact) mass is 324 g/mol. The molecular formula is C21H28N2O. The lowest BCUT2D eigenvalue weighted by Crippen LogP contribution is -2.25. The molecule has 1 aliphatic rings. The highest BCUT2D eigenvalue weighted by Crippen LogP contribution is 2.40. The summed E-state index contributed by atoms with van der Waals surface area (Å²) in [5.41, 5.74) is 4.57. The summed E-state index contributed by atoms with van der Waals surface area (Å²) in [5, 5.41) is 12.4. The van der Waals surface area contributed by atoms with Gasteiger partial charge in [-0.25, -0.2) is 0 Å². The van der Waals surface area contributed by atoms with Gasteiger partial charge >= 0.3 is 0 Å². The van der Waals surface area contributed by atoms with Gasteiger partial charge in [0.05, 0.1) is 0 Å². The van der Waals surface area contributed by atoms with Crippen LogP contribution in [0.15, 0.2) is 29.3 Å². The number of nitriles is 1. The van der Waals surface area contributed by atoms with E-state index < -0.39 is 0 Å². The maximum absolute atomic E-state index is 12.6. The molecule has 0 radical (unpaired) electrons. The standard InChI is InChI=1S/C21H28N2O/c1-14-10-15(2)12-18(11-14)23-20(24)19(13-22)16-6-8-17(9-7-16)21(3,4)5/h10-12,17H,6-9H2,1-5H3,(H,23,24). The minimum Gasteiger partial charge on any atom is -0.321 e. The zero-order valence-electron chi connectivity index (χ0n) is 15.5. The number of nitrogens with zero attached hydrogens (tertiary/aromatic N) is 1. The highest BCUT2D eigenvalue weighted by molar-refractivity contribution is 6.07. The van der Waals surface area contributed by atoms with Gasteiger partial charge in [-0.05, 0) is 79.7 Å². The van der Waals surface area contributed by atoms with Crippen LogP contribution in [0, 0.1) is 36.5 Å². The average Bonchev–Trinajstić information content (AvgIpc) is 2.46. The number of benzene rings is 1. The number of carbonyl (C=O) groups is 1. The molecule has 3 heteroatoms. The molecule has 1 aliphatic carbocycles. The molecule has 1 aromatic carbocycles. The molecular weight excluding hydrogens is 296 g/mol. The molecule has 0 saturated heterocycles. The summed E-state index contributed by atoms with van der Waals surface area (Å²) in [4.78, 5) is 12.6. The van der Waals surface area contributed by atoms with E-state index in [-0.39, 0.29) is 5.91 Å². The number of aryl methyl sites for hydroxylation is 2. The van der Waals surface area contributed by atoms with Crippen molar-refractivity contribution in [2.45, 2.75) is 60.3 Å². The van der Waals surface area contributed by atoms with Crippen LogP contribution in [0.4, 0.5) is 5.69 Å². The maximum Gasteiger partial charge on any atom is 0.266 e. The SMILES string of the molecule is Cc1cc(C)cc(NC(=O)C(C#N)=C2CCC(C(C)(C)C)CC2)c1. The first kappa shape index (κ1) is 18.3. The largest absolute Gasteiger partial charge is 0.321 e. The number of nitrogens with one attached hydrogen (secondary N) is 1. The van der Waals surface area contributed by atoms with Crippen molar-refractivity contribution < 1.29 is 4.79 Å². The van der Waals surface area contributed by atoms with Crippen LogP contribution in [0.3, 0.4) is 0 Å². The molecule has 0 aliphatic heterocycles. The quantitative estimate of drug-likeness (QED) is 0.593. The topological polar surface area (TPSA) is 52.9 Å². The number of amides is 1. The first-order valence-corrected chi connectivity index (χ1v) is 8.72. The number of allylic oxidation sites excluding steroid dienone is 1. The molecule has 0 spiro atoms. The molecule has 3 nitrogen and oxygen atoms in total. The lowest BCUT2D eigenvalue weighted by Gasteiger charge is -2.35. The van der Waals surface area contributed by atoms with Gasteiger partial charge in [0.25, 0.3) is 5.91 Å². The second kappa shape index (κ2) is 7.21. The van der Waals surface area contributed by atoms with Crippen molar-refractivity contribution >= 4 is 11.6 Å². The molecule has 1 N–H and O–H groups in total. The van der Waals surface area contributed by atoms with Crippen LogP contribution in [0.1, 0.15) is 57.6 Å². The van der Waals surface area contributed by atoms with E-state index >= 15 is 0 Å². The van der Waals surface area contributed by atoms with E-state index in [1.54, 1.807) is 0 Å². The van der Waals surface area contributed by atoms with Gasteiger partial charge in [0.2, 0.25) is 0 Å². The van der Waals surface area contributed by atoms with Crippen LogP contribution in [0.5, 0.6) is 0 Å². The van der Waals surface area contributed by atoms with Gasteiger partial charge in [0.15, 0.2) is 0 Å². The van der Waals surface area contributed by atoms with Crippen molar-refractivity contribution in [3.05, 3.63) is 40.5 Å². The summed E-state index contributed by atoms with van der Waals surface area (Å²) in [7, 11) is 0. The number of anilines is 1. The van der Waals surface area contributed by atoms with E-state index in [1.807, 2.05) is 26.0 Å². The summed E-state index contributed by atoms with van der Waals surface area (Å²) >= 11 is 0. The number of rotatable bonds is 2. The van der Waals surface area contributed by atoms with Gasteiger partial charge in [0, 0.05) is 5.69 Å². The first-order valence-electron chi connectivity index (χ1n) is 8.72. The van der Waals surface area contributed by atoms with Gasteiger partial charge in [-0.3, -0.25) is 4.79 Å². The third kappa shape index (κ3) is 4.47. The maximum atomic E-state index is 12.6. The van der Waals surface area contributed by atoms with E-state index in [0.29, 0.717) is 16.9 Å². The fourth-order valence-electron chi connectivity index (χ4n) is 3.61. The third-order valence-corrected chi connectivity index (χ3v) is 4.99. The second-order valence-corrected chi connectivity index (χ2v) is 8.06. The van der Waals surface area contributed by atoms with Crippen molar-refractivity contribution in [2.24, 2.45) is 11.3 Å². The Hall–Kier alpha value is -2.08. The lowest BCUT2D eigenvalue weighted by atomic mass is 9.71. The van der Waals surface area contributed by atoms with E-state index in [9.17, 15) is 10.1 Å². The molecule has 0 atom stereocenters. The highest BCUT2D eigenvalue weighted by atomic mass is 16.1. The van der Waals surface area contributed by atoms with Crippen molar-refractivity contribution in [3.63, 3.8) is 0 Å². The number of hydrogen-bond acceptors (Lipinski definition) is 2. The van der Waals surface area contributed by atoms with Gasteiger partial charge in [0.1, 0.15) is 11.6 Å². The van der Waals surface area contributed by atoms with Crippen molar-refractivity contribution in [3.8, 4) is 6.07 Å². The minimum atomic E-state index is -0.272. The van der Waals surface area contributed by atoms with Gasteiger partial charge in [-0.2, -0.15) is 5.26 Å². The third-order valence-electron chi connectivity index (χ3n) is 4.99. The molecule has 128 valence electrons. The number of carbonyl (C=O) groups excluding carboxylic acids is 1. The second-order valence-electron chi connectivity index (χ2n) is 8.06. The molecule has 2 rings (SSSR count). The summed E-state index contributed by atoms with van der Waals surface area (Å²) < 4.78 is 0. The van der Waals surface area contributed by atoms with Gasteiger partial charge < -0.3 is 5.32 Å². The summed E-state index contributed by atoms with van der Waals surface area (Å²) in [6.45, 7) is 10.8. The Morgan fingerprint density at radius 2 is 1.67 bits per heavy atom. The lowest BCUT2D eigenvalue weighted by molar-refractivity contribution is -0.112. The van der Waals surface area contributed by atoms with Gasteiger partial charge in [-0.15, -0.1) is 0 Å². The fraction of sp³-hybridized carbons (Fsp3) is 0.524. The Labute approximate surface area is 145 Å². The minimum absolute atomic E-state index is 0.272. The van der Waals surface area contributed by atoms with E-state index in [4.69, 9.17) is 0 Å². The molecule has 0 unspecified atom stereocenters. The van der Waals surface area contributed by atoms with Crippen molar-refractivity contribution in [2.75, 3.05) is 5.32 Å². The highest BCUT2D eigenvalue weighted by Gasteiger charge is 2.29. The van der Waals surface area contributed by atoms with Crippen LogP contribution >= 0.6 is 0 Å². The molecule has 0 bridgehead atoms. The molecule has 0 aromatic heterocycles. The predicted octanol–water partition coefficient (Wildman–Crippen LogP) is 5.30. The predicted molar refractivity (Wildman–Crippen MR) is 98.6 cm³/mol. The molecule has 24 heavy (non-hydrogen) atoms. The Bertz CT molecular complexity index is 671. The Balaban J connectivity index is 2.13. The summed E-state index contributed by atoms with van der Waals surface area (Å²) in [6, 6.07) is 8.07. The molecule has 0 heterocycles. The first-order chi connectivity index (χ1) is 11.2. The van der Waals surface area contributed by atoms with E-state index in [0.717, 1.165) is 48.1 Å². The molecule has 1 aromatic rings. The normalized spacial score (nSPS) is 18.0. The van der Waals surface area contributed by atoms with Crippen molar-refractivity contribution in [1.29, 1.82) is 5.26 Å². The van der Waals surface area contributed by atoms with Crippen LogP contribution in [-0.4, -0.2) is 5.91 Å². The zero-order chi connectivity index (χ0) is 17.9. The van der Waals surface area contributed by atoms with E-state index in [1.165, 1.54) is 0 Å². The molecule has 1 fully saturated rings. The van der Waals surface area contributed by atoms with Crippen molar-refractivity contribution in [1.82, 2.24) is 0 Å². The van der Waals surface area contributed by atoms with E-state index in [2.05, 4.69) is 38.2 Å². The average molecular weight is 324 g/mol. The van der Waals surface area contributed by atoms with Gasteiger partial charge in [-0.1, -0.05) is 26.8 Å². The Morgan fingerprint density at radius 1 is 1.12 bits per heavy atom.